The van der Waals surface area contributed by atoms with Crippen molar-refractivity contribution in [1.29, 1.82) is 0 Å². The highest BCUT2D eigenvalue weighted by Crippen LogP contribution is 2.22. The molecule has 0 aliphatic heterocycles. The van der Waals surface area contributed by atoms with E-state index in [1.807, 2.05) is 6.92 Å². The fourth-order valence-electron chi connectivity index (χ4n) is 0.768. The molecule has 4 heteroatoms. The molecular formula is C9H10O3S. The van der Waals surface area contributed by atoms with Crippen LogP contribution in [0.2, 0.25) is 0 Å². The summed E-state index contributed by atoms with van der Waals surface area (Å²) in [7, 11) is 0. The van der Waals surface area contributed by atoms with Gasteiger partial charge in [0.25, 0.3) is 0 Å². The predicted molar refractivity (Wildman–Crippen MR) is 49.9 cm³/mol. The van der Waals surface area contributed by atoms with Gasteiger partial charge in [-0.15, -0.1) is 11.8 Å². The quantitative estimate of drug-likeness (QED) is 0.547. The van der Waals surface area contributed by atoms with Crippen molar-refractivity contribution in [1.82, 2.24) is 0 Å². The maximum Gasteiger partial charge on any atom is 0.208 e. The molecule has 0 spiro atoms. The van der Waals surface area contributed by atoms with Crippen LogP contribution in [-0.4, -0.2) is 17.3 Å². The van der Waals surface area contributed by atoms with Crippen molar-refractivity contribution in [2.24, 2.45) is 0 Å². The molecule has 1 aromatic rings. The summed E-state index contributed by atoms with van der Waals surface area (Å²) in [5.74, 6) is 0.219. The van der Waals surface area contributed by atoms with Gasteiger partial charge in [0.2, 0.25) is 5.78 Å². The third kappa shape index (κ3) is 2.73. The van der Waals surface area contributed by atoms with Crippen molar-refractivity contribution in [3.8, 4) is 0 Å². The molecule has 0 saturated heterocycles. The minimum Gasteiger partial charge on any atom is -0.468 e. The number of hydrogen-bond donors (Lipinski definition) is 0. The van der Waals surface area contributed by atoms with Gasteiger partial charge in [0.15, 0.2) is 5.78 Å². The number of thioether (sulfide) groups is 1. The van der Waals surface area contributed by atoms with Gasteiger partial charge in [-0.05, 0) is 13.0 Å². The molecule has 0 N–H and O–H groups in total. The van der Waals surface area contributed by atoms with E-state index < -0.39 is 5.78 Å². The van der Waals surface area contributed by atoms with Crippen molar-refractivity contribution in [2.75, 3.05) is 5.75 Å². The standard InChI is InChI=1S/C9H10O3S/c1-6(10)8(11)5-13-9-3-4-12-7(9)2/h3-4H,5H2,1-2H3. The van der Waals surface area contributed by atoms with Gasteiger partial charge in [0, 0.05) is 11.8 Å². The largest absolute Gasteiger partial charge is 0.468 e. The predicted octanol–water partition coefficient (Wildman–Crippen LogP) is 1.84. The molecule has 0 atom stereocenters. The fraction of sp³-hybridized carbons (Fsp3) is 0.333. The second-order valence-electron chi connectivity index (χ2n) is 2.61. The number of carbonyl (C=O) groups excluding carboxylic acids is 2. The Morgan fingerprint density at radius 3 is 2.69 bits per heavy atom. The Balaban J connectivity index is 2.48. The van der Waals surface area contributed by atoms with Gasteiger partial charge in [-0.25, -0.2) is 0 Å². The number of ketones is 2. The lowest BCUT2D eigenvalue weighted by Gasteiger charge is -1.95. The van der Waals surface area contributed by atoms with Crippen LogP contribution in [0, 0.1) is 6.92 Å². The van der Waals surface area contributed by atoms with E-state index in [1.165, 1.54) is 18.7 Å². The Morgan fingerprint density at radius 1 is 1.54 bits per heavy atom. The van der Waals surface area contributed by atoms with Gasteiger partial charge in [0.05, 0.1) is 12.0 Å². The first-order chi connectivity index (χ1) is 6.11. The molecule has 0 aliphatic carbocycles. The number of rotatable bonds is 4. The lowest BCUT2D eigenvalue weighted by molar-refractivity contribution is -0.133. The van der Waals surface area contributed by atoms with Gasteiger partial charge < -0.3 is 4.42 Å². The summed E-state index contributed by atoms with van der Waals surface area (Å²) in [5.41, 5.74) is 0. The summed E-state index contributed by atoms with van der Waals surface area (Å²) >= 11 is 1.33. The first kappa shape index (κ1) is 10.1. The van der Waals surface area contributed by atoms with Crippen molar-refractivity contribution in [3.63, 3.8) is 0 Å². The van der Waals surface area contributed by atoms with Crippen LogP contribution in [0.3, 0.4) is 0 Å². The maximum atomic E-state index is 10.9. The maximum absolute atomic E-state index is 10.9. The van der Waals surface area contributed by atoms with E-state index in [9.17, 15) is 9.59 Å². The molecule has 0 aromatic carbocycles. The molecule has 0 amide bonds. The third-order valence-corrected chi connectivity index (χ3v) is 2.70. The highest BCUT2D eigenvalue weighted by atomic mass is 32.2. The van der Waals surface area contributed by atoms with Crippen LogP contribution >= 0.6 is 11.8 Å². The Bertz CT molecular complexity index is 327. The minimum atomic E-state index is -0.395. The van der Waals surface area contributed by atoms with Crippen molar-refractivity contribution < 1.29 is 14.0 Å². The average Bonchev–Trinajstić information content (AvgIpc) is 2.47. The SMILES string of the molecule is CC(=O)C(=O)CSc1ccoc1C. The first-order valence-corrected chi connectivity index (χ1v) is 4.80. The summed E-state index contributed by atoms with van der Waals surface area (Å²) in [6.07, 6.45) is 1.57. The zero-order valence-corrected chi connectivity index (χ0v) is 8.31. The molecular weight excluding hydrogens is 188 g/mol. The van der Waals surface area contributed by atoms with Crippen LogP contribution in [0.25, 0.3) is 0 Å². The third-order valence-electron chi connectivity index (χ3n) is 1.56. The van der Waals surface area contributed by atoms with E-state index in [4.69, 9.17) is 4.42 Å². The fourth-order valence-corrected chi connectivity index (χ4v) is 1.66. The van der Waals surface area contributed by atoms with Crippen LogP contribution in [0.5, 0.6) is 0 Å². The summed E-state index contributed by atoms with van der Waals surface area (Å²) in [6.45, 7) is 3.10. The van der Waals surface area contributed by atoms with E-state index in [-0.39, 0.29) is 11.5 Å². The zero-order valence-electron chi connectivity index (χ0n) is 7.49. The van der Waals surface area contributed by atoms with Gasteiger partial charge in [0.1, 0.15) is 5.76 Å². The number of Topliss-reactive ketones (excluding diaryl/α,β-unsaturated/α-hetero) is 2. The molecule has 0 unspecified atom stereocenters. The number of hydrogen-bond acceptors (Lipinski definition) is 4. The Labute approximate surface area is 80.5 Å². The van der Waals surface area contributed by atoms with Crippen LogP contribution in [0.1, 0.15) is 12.7 Å². The molecule has 1 rings (SSSR count). The first-order valence-electron chi connectivity index (χ1n) is 3.82. The van der Waals surface area contributed by atoms with E-state index in [0.717, 1.165) is 10.7 Å². The molecule has 1 aromatic heterocycles. The number of aryl methyl sites for hydroxylation is 1. The van der Waals surface area contributed by atoms with Crippen LogP contribution in [0.15, 0.2) is 21.6 Å². The number of carbonyl (C=O) groups is 2. The van der Waals surface area contributed by atoms with Gasteiger partial charge in [-0.1, -0.05) is 0 Å². The zero-order chi connectivity index (χ0) is 9.84. The number of furan rings is 1. The summed E-state index contributed by atoms with van der Waals surface area (Å²) in [5, 5.41) is 0. The molecule has 0 aliphatic rings. The molecule has 70 valence electrons. The van der Waals surface area contributed by atoms with Crippen molar-refractivity contribution >= 4 is 23.3 Å². The van der Waals surface area contributed by atoms with E-state index in [1.54, 1.807) is 12.3 Å². The Hall–Kier alpha value is -1.03. The second-order valence-corrected chi connectivity index (χ2v) is 3.63. The molecule has 0 radical (unpaired) electrons. The summed E-state index contributed by atoms with van der Waals surface area (Å²) in [4.78, 5) is 22.5. The molecule has 13 heavy (non-hydrogen) atoms. The Kier molecular flexibility index (Phi) is 3.31. The van der Waals surface area contributed by atoms with Gasteiger partial charge >= 0.3 is 0 Å². The van der Waals surface area contributed by atoms with Crippen LogP contribution in [-0.2, 0) is 9.59 Å². The average molecular weight is 198 g/mol. The highest BCUT2D eigenvalue weighted by Gasteiger charge is 2.09. The van der Waals surface area contributed by atoms with Gasteiger partial charge in [-0.2, -0.15) is 0 Å². The van der Waals surface area contributed by atoms with Crippen LogP contribution < -0.4 is 0 Å². The molecule has 0 bridgehead atoms. The van der Waals surface area contributed by atoms with Crippen LogP contribution in [0.4, 0.5) is 0 Å². The Morgan fingerprint density at radius 2 is 2.23 bits per heavy atom. The molecule has 0 saturated carbocycles. The lowest BCUT2D eigenvalue weighted by atomic mass is 10.3. The van der Waals surface area contributed by atoms with E-state index in [2.05, 4.69) is 0 Å². The minimum absolute atomic E-state index is 0.190. The van der Waals surface area contributed by atoms with E-state index in [0.29, 0.717) is 0 Å². The van der Waals surface area contributed by atoms with Gasteiger partial charge in [-0.3, -0.25) is 9.59 Å². The van der Waals surface area contributed by atoms with Crippen molar-refractivity contribution in [2.45, 2.75) is 18.7 Å². The molecule has 0 fully saturated rings. The normalized spacial score (nSPS) is 10.0. The second kappa shape index (κ2) is 4.28. The summed E-state index contributed by atoms with van der Waals surface area (Å²) < 4.78 is 5.04. The summed E-state index contributed by atoms with van der Waals surface area (Å²) in [6, 6.07) is 1.79. The highest BCUT2D eigenvalue weighted by molar-refractivity contribution is 8.00. The van der Waals surface area contributed by atoms with E-state index >= 15 is 0 Å². The lowest BCUT2D eigenvalue weighted by Crippen LogP contribution is -2.11. The topological polar surface area (TPSA) is 47.3 Å². The smallest absolute Gasteiger partial charge is 0.208 e. The monoisotopic (exact) mass is 198 g/mol. The van der Waals surface area contributed by atoms with Crippen molar-refractivity contribution in [3.05, 3.63) is 18.1 Å². The molecule has 3 nitrogen and oxygen atoms in total. The molecule has 1 heterocycles.